The Morgan fingerprint density at radius 3 is 2.74 bits per heavy atom. The van der Waals surface area contributed by atoms with Gasteiger partial charge in [0.1, 0.15) is 17.5 Å². The molecule has 0 saturated carbocycles. The molecule has 0 spiro atoms. The van der Waals surface area contributed by atoms with Crippen LogP contribution in [0.5, 0.6) is 0 Å². The van der Waals surface area contributed by atoms with Crippen LogP contribution in [-0.2, 0) is 16.0 Å². The maximum atomic E-state index is 11.2. The fourth-order valence-electron chi connectivity index (χ4n) is 1.59. The second kappa shape index (κ2) is 7.56. The third kappa shape index (κ3) is 4.73. The van der Waals surface area contributed by atoms with Crippen LogP contribution < -0.4 is 11.1 Å². The lowest BCUT2D eigenvalue weighted by Crippen LogP contribution is -2.12. The molecule has 6 nitrogen and oxygen atoms in total. The maximum absolute atomic E-state index is 11.2. The lowest BCUT2D eigenvalue weighted by molar-refractivity contribution is -0.143. The normalized spacial score (nSPS) is 10.3. The molecule has 0 fully saturated rings. The SMILES string of the molecule is CCOC(=O)CCCNc1nc(CC)nc(N)c1C. The van der Waals surface area contributed by atoms with Gasteiger partial charge in [0, 0.05) is 24.9 Å². The number of nitrogens with two attached hydrogens (primary N) is 1. The summed E-state index contributed by atoms with van der Waals surface area (Å²) in [5, 5.41) is 3.19. The van der Waals surface area contributed by atoms with E-state index in [9.17, 15) is 4.79 Å². The molecule has 0 aromatic carbocycles. The van der Waals surface area contributed by atoms with Crippen LogP contribution in [-0.4, -0.2) is 29.1 Å². The van der Waals surface area contributed by atoms with Crippen LogP contribution in [0.3, 0.4) is 0 Å². The van der Waals surface area contributed by atoms with Crippen molar-refractivity contribution in [2.75, 3.05) is 24.2 Å². The first-order chi connectivity index (χ1) is 9.08. The second-order valence-electron chi connectivity index (χ2n) is 4.19. The Bertz CT molecular complexity index is 435. The van der Waals surface area contributed by atoms with Gasteiger partial charge >= 0.3 is 5.97 Å². The standard InChI is InChI=1S/C13H22N4O2/c1-4-10-16-12(14)9(3)13(17-10)15-8-6-7-11(18)19-5-2/h4-8H2,1-3H3,(H3,14,15,16,17). The van der Waals surface area contributed by atoms with Crippen molar-refractivity contribution in [2.45, 2.75) is 40.0 Å². The van der Waals surface area contributed by atoms with Crippen LogP contribution in [0.4, 0.5) is 11.6 Å². The summed E-state index contributed by atoms with van der Waals surface area (Å²) >= 11 is 0. The van der Waals surface area contributed by atoms with Crippen molar-refractivity contribution in [1.82, 2.24) is 9.97 Å². The van der Waals surface area contributed by atoms with Gasteiger partial charge in [0.15, 0.2) is 0 Å². The lowest BCUT2D eigenvalue weighted by Gasteiger charge is -2.11. The number of aromatic nitrogens is 2. The second-order valence-corrected chi connectivity index (χ2v) is 4.19. The molecule has 6 heteroatoms. The zero-order valence-corrected chi connectivity index (χ0v) is 11.8. The quantitative estimate of drug-likeness (QED) is 0.576. The molecule has 19 heavy (non-hydrogen) atoms. The minimum absolute atomic E-state index is 0.169. The Hall–Kier alpha value is -1.85. The summed E-state index contributed by atoms with van der Waals surface area (Å²) in [7, 11) is 0. The summed E-state index contributed by atoms with van der Waals surface area (Å²) in [5.74, 6) is 1.79. The topological polar surface area (TPSA) is 90.1 Å². The average molecular weight is 266 g/mol. The molecular weight excluding hydrogens is 244 g/mol. The monoisotopic (exact) mass is 266 g/mol. The van der Waals surface area contributed by atoms with Gasteiger partial charge < -0.3 is 15.8 Å². The highest BCUT2D eigenvalue weighted by molar-refractivity contribution is 5.69. The molecule has 1 aromatic rings. The van der Waals surface area contributed by atoms with Crippen molar-refractivity contribution in [3.05, 3.63) is 11.4 Å². The molecule has 0 saturated heterocycles. The molecule has 106 valence electrons. The van der Waals surface area contributed by atoms with Crippen LogP contribution >= 0.6 is 0 Å². The summed E-state index contributed by atoms with van der Waals surface area (Å²) in [4.78, 5) is 19.8. The highest BCUT2D eigenvalue weighted by Gasteiger charge is 2.07. The van der Waals surface area contributed by atoms with E-state index in [4.69, 9.17) is 10.5 Å². The number of hydrogen-bond donors (Lipinski definition) is 2. The van der Waals surface area contributed by atoms with Crippen LogP contribution in [0.25, 0.3) is 0 Å². The molecule has 0 unspecified atom stereocenters. The average Bonchev–Trinajstić information content (AvgIpc) is 2.39. The Labute approximate surface area is 113 Å². The van der Waals surface area contributed by atoms with Gasteiger partial charge in [0.25, 0.3) is 0 Å². The molecule has 1 rings (SSSR count). The highest BCUT2D eigenvalue weighted by atomic mass is 16.5. The van der Waals surface area contributed by atoms with Crippen molar-refractivity contribution in [2.24, 2.45) is 0 Å². The Morgan fingerprint density at radius 1 is 1.37 bits per heavy atom. The molecule has 1 aromatic heterocycles. The Balaban J connectivity index is 2.49. The summed E-state index contributed by atoms with van der Waals surface area (Å²) in [6.07, 6.45) is 1.84. The zero-order valence-electron chi connectivity index (χ0n) is 11.8. The van der Waals surface area contributed by atoms with E-state index in [1.165, 1.54) is 0 Å². The fraction of sp³-hybridized carbons (Fsp3) is 0.615. The molecule has 3 N–H and O–H groups in total. The van der Waals surface area contributed by atoms with E-state index in [1.807, 2.05) is 13.8 Å². The number of aryl methyl sites for hydroxylation is 1. The van der Waals surface area contributed by atoms with E-state index in [2.05, 4.69) is 15.3 Å². The Morgan fingerprint density at radius 2 is 2.11 bits per heavy atom. The number of carbonyl (C=O) groups is 1. The summed E-state index contributed by atoms with van der Waals surface area (Å²) in [6, 6.07) is 0. The lowest BCUT2D eigenvalue weighted by atomic mass is 10.2. The molecule has 0 radical (unpaired) electrons. The van der Waals surface area contributed by atoms with Gasteiger partial charge in [-0.3, -0.25) is 4.79 Å². The summed E-state index contributed by atoms with van der Waals surface area (Å²) in [5.41, 5.74) is 6.66. The number of hydrogen-bond acceptors (Lipinski definition) is 6. The van der Waals surface area contributed by atoms with Crippen LogP contribution in [0, 0.1) is 6.92 Å². The van der Waals surface area contributed by atoms with E-state index in [-0.39, 0.29) is 5.97 Å². The minimum Gasteiger partial charge on any atom is -0.466 e. The fourth-order valence-corrected chi connectivity index (χ4v) is 1.59. The first-order valence-electron chi connectivity index (χ1n) is 6.60. The van der Waals surface area contributed by atoms with E-state index < -0.39 is 0 Å². The highest BCUT2D eigenvalue weighted by Crippen LogP contribution is 2.17. The van der Waals surface area contributed by atoms with Gasteiger partial charge in [0.2, 0.25) is 0 Å². The van der Waals surface area contributed by atoms with Crippen molar-refractivity contribution in [3.8, 4) is 0 Å². The van der Waals surface area contributed by atoms with E-state index in [0.29, 0.717) is 31.8 Å². The number of nitrogens with one attached hydrogen (secondary N) is 1. The van der Waals surface area contributed by atoms with Gasteiger partial charge in [-0.15, -0.1) is 0 Å². The molecule has 0 aliphatic carbocycles. The van der Waals surface area contributed by atoms with Crippen molar-refractivity contribution >= 4 is 17.6 Å². The summed E-state index contributed by atoms with van der Waals surface area (Å²) in [6.45, 7) is 6.74. The van der Waals surface area contributed by atoms with Crippen LogP contribution in [0.2, 0.25) is 0 Å². The first kappa shape index (κ1) is 15.2. The van der Waals surface area contributed by atoms with Gasteiger partial charge in [-0.25, -0.2) is 9.97 Å². The third-order valence-corrected chi connectivity index (χ3v) is 2.70. The van der Waals surface area contributed by atoms with E-state index >= 15 is 0 Å². The summed E-state index contributed by atoms with van der Waals surface area (Å²) < 4.78 is 4.86. The minimum atomic E-state index is -0.169. The van der Waals surface area contributed by atoms with Gasteiger partial charge in [-0.1, -0.05) is 6.92 Å². The largest absolute Gasteiger partial charge is 0.466 e. The molecule has 0 bridgehead atoms. The van der Waals surface area contributed by atoms with Crippen LogP contribution in [0.15, 0.2) is 0 Å². The predicted molar refractivity (Wildman–Crippen MR) is 74.9 cm³/mol. The molecule has 0 atom stereocenters. The number of esters is 1. The van der Waals surface area contributed by atoms with Crippen molar-refractivity contribution in [3.63, 3.8) is 0 Å². The third-order valence-electron chi connectivity index (χ3n) is 2.70. The molecular formula is C13H22N4O2. The molecule has 1 heterocycles. The van der Waals surface area contributed by atoms with E-state index in [1.54, 1.807) is 6.92 Å². The zero-order chi connectivity index (χ0) is 14.3. The molecule has 0 amide bonds. The number of anilines is 2. The number of carbonyl (C=O) groups excluding carboxylic acids is 1. The number of rotatable bonds is 7. The van der Waals surface area contributed by atoms with Gasteiger partial charge in [-0.05, 0) is 20.3 Å². The Kier molecular flexibility index (Phi) is 6.05. The number of nitrogen functional groups attached to an aromatic ring is 1. The predicted octanol–water partition coefficient (Wildman–Crippen LogP) is 1.68. The van der Waals surface area contributed by atoms with Crippen molar-refractivity contribution in [1.29, 1.82) is 0 Å². The molecule has 0 aliphatic rings. The number of nitrogens with zero attached hydrogens (tertiary/aromatic N) is 2. The molecule has 0 aliphatic heterocycles. The maximum Gasteiger partial charge on any atom is 0.305 e. The van der Waals surface area contributed by atoms with Crippen LogP contribution in [0.1, 0.15) is 38.1 Å². The van der Waals surface area contributed by atoms with Gasteiger partial charge in [-0.2, -0.15) is 0 Å². The smallest absolute Gasteiger partial charge is 0.305 e. The van der Waals surface area contributed by atoms with Gasteiger partial charge in [0.05, 0.1) is 6.61 Å². The van der Waals surface area contributed by atoms with Crippen molar-refractivity contribution < 1.29 is 9.53 Å². The first-order valence-corrected chi connectivity index (χ1v) is 6.60. The number of ether oxygens (including phenoxy) is 1. The van der Waals surface area contributed by atoms with E-state index in [0.717, 1.165) is 23.6 Å².